The largest absolute Gasteiger partial charge is 0.496 e. The van der Waals surface area contributed by atoms with Crippen LogP contribution in [0, 0.1) is 0 Å². The Balaban J connectivity index is 1.96. The predicted molar refractivity (Wildman–Crippen MR) is 116 cm³/mol. The van der Waals surface area contributed by atoms with Gasteiger partial charge >= 0.3 is 0 Å². The zero-order chi connectivity index (χ0) is 19.5. The molecule has 1 atom stereocenters. The molecule has 1 aliphatic carbocycles. The van der Waals surface area contributed by atoms with E-state index >= 15 is 0 Å². The molecule has 2 aromatic carbocycles. The normalized spacial score (nSPS) is 16.8. The Bertz CT molecular complexity index is 948. The molecular weight excluding hydrogens is 370 g/mol. The number of hydrogen-bond acceptors (Lipinski definition) is 2. The lowest BCUT2D eigenvalue weighted by atomic mass is 9.89. The molecule has 4 heteroatoms. The van der Waals surface area contributed by atoms with Crippen LogP contribution in [-0.4, -0.2) is 23.4 Å². The Kier molecular flexibility index (Phi) is 5.93. The maximum Gasteiger partial charge on any atom is 0.128 e. The van der Waals surface area contributed by atoms with Crippen LogP contribution >= 0.6 is 11.6 Å². The van der Waals surface area contributed by atoms with Crippen LogP contribution in [0.4, 0.5) is 0 Å². The number of aliphatic hydroxyl groups is 1. The van der Waals surface area contributed by atoms with Gasteiger partial charge in [-0.3, -0.25) is 0 Å². The van der Waals surface area contributed by atoms with E-state index in [0.29, 0.717) is 5.92 Å². The van der Waals surface area contributed by atoms with Gasteiger partial charge in [0.2, 0.25) is 0 Å². The van der Waals surface area contributed by atoms with Gasteiger partial charge in [0.15, 0.2) is 0 Å². The lowest BCUT2D eigenvalue weighted by Gasteiger charge is -2.17. The van der Waals surface area contributed by atoms with E-state index in [1.165, 1.54) is 35.0 Å². The maximum atomic E-state index is 9.42. The maximum absolute atomic E-state index is 9.42. The molecule has 28 heavy (non-hydrogen) atoms. The molecule has 0 aliphatic heterocycles. The van der Waals surface area contributed by atoms with Gasteiger partial charge in [0.05, 0.1) is 17.6 Å². The summed E-state index contributed by atoms with van der Waals surface area (Å²) in [6.45, 7) is 1.05. The molecule has 0 fully saturated rings. The number of fused-ring (bicyclic) bond motifs is 3. The Labute approximate surface area is 171 Å². The third-order valence-corrected chi connectivity index (χ3v) is 6.31. The third kappa shape index (κ3) is 3.54. The molecule has 0 saturated heterocycles. The number of ether oxygens (including phenoxy) is 1. The Morgan fingerprint density at radius 2 is 1.96 bits per heavy atom. The molecule has 0 spiro atoms. The average Bonchev–Trinajstić information content (AvgIpc) is 2.89. The first-order chi connectivity index (χ1) is 13.7. The standard InChI is InChI=1S/C24H28ClNO2/c1-28-21-14-13-19(25)24-23(21)22-18(11-7-15-27)10-5-6-12-20(22)26(24)16-17-8-3-2-4-9-17/h2-4,8-9,13-14,18,27H,5-7,10-12,15-16H2,1H3. The molecule has 4 rings (SSSR count). The van der Waals surface area contributed by atoms with Gasteiger partial charge in [-0.2, -0.15) is 0 Å². The van der Waals surface area contributed by atoms with Gasteiger partial charge in [-0.15, -0.1) is 0 Å². The number of halogens is 1. The van der Waals surface area contributed by atoms with Gasteiger partial charge in [-0.25, -0.2) is 0 Å². The SMILES string of the molecule is COc1ccc(Cl)c2c1c1c(n2Cc2ccccc2)CCCCC1CCCO. The van der Waals surface area contributed by atoms with Crippen LogP contribution in [0.5, 0.6) is 5.75 Å². The summed E-state index contributed by atoms with van der Waals surface area (Å²) in [5.74, 6) is 1.34. The molecular formula is C24H28ClNO2. The van der Waals surface area contributed by atoms with Crippen molar-refractivity contribution in [2.45, 2.75) is 51.0 Å². The highest BCUT2D eigenvalue weighted by atomic mass is 35.5. The number of methoxy groups -OCH3 is 1. The fourth-order valence-electron chi connectivity index (χ4n) is 4.77. The van der Waals surface area contributed by atoms with Gasteiger partial charge in [-0.1, -0.05) is 48.4 Å². The van der Waals surface area contributed by atoms with Gasteiger partial charge < -0.3 is 14.4 Å². The third-order valence-electron chi connectivity index (χ3n) is 6.00. The fourth-order valence-corrected chi connectivity index (χ4v) is 5.03. The van der Waals surface area contributed by atoms with E-state index in [0.717, 1.165) is 48.5 Å². The van der Waals surface area contributed by atoms with Crippen molar-refractivity contribution in [3.8, 4) is 5.75 Å². The van der Waals surface area contributed by atoms with Crippen LogP contribution in [0.15, 0.2) is 42.5 Å². The zero-order valence-corrected chi connectivity index (χ0v) is 17.2. The first-order valence-corrected chi connectivity index (χ1v) is 10.6. The average molecular weight is 398 g/mol. The molecule has 1 unspecified atom stereocenters. The number of aliphatic hydroxyl groups excluding tert-OH is 1. The quantitative estimate of drug-likeness (QED) is 0.523. The van der Waals surface area contributed by atoms with Crippen LogP contribution in [0.2, 0.25) is 5.02 Å². The van der Waals surface area contributed by atoms with Crippen molar-refractivity contribution >= 4 is 22.5 Å². The smallest absolute Gasteiger partial charge is 0.128 e. The molecule has 1 aromatic heterocycles. The summed E-state index contributed by atoms with van der Waals surface area (Å²) >= 11 is 6.75. The minimum Gasteiger partial charge on any atom is -0.496 e. The van der Waals surface area contributed by atoms with E-state index in [9.17, 15) is 5.11 Å². The molecule has 0 amide bonds. The van der Waals surface area contributed by atoms with E-state index in [1.807, 2.05) is 12.1 Å². The van der Waals surface area contributed by atoms with Gasteiger partial charge in [-0.05, 0) is 61.3 Å². The van der Waals surface area contributed by atoms with Gasteiger partial charge in [0.25, 0.3) is 0 Å². The first kappa shape index (κ1) is 19.4. The van der Waals surface area contributed by atoms with Crippen LogP contribution in [0.3, 0.4) is 0 Å². The Hall–Kier alpha value is -1.97. The second-order valence-corrected chi connectivity index (χ2v) is 8.12. The molecule has 1 aliphatic rings. The van der Waals surface area contributed by atoms with E-state index < -0.39 is 0 Å². The van der Waals surface area contributed by atoms with E-state index in [2.05, 4.69) is 34.9 Å². The summed E-state index contributed by atoms with van der Waals surface area (Å²) in [6, 6.07) is 14.5. The van der Waals surface area contributed by atoms with Crippen molar-refractivity contribution in [3.63, 3.8) is 0 Å². The summed E-state index contributed by atoms with van der Waals surface area (Å²) in [4.78, 5) is 0. The Morgan fingerprint density at radius 1 is 1.14 bits per heavy atom. The summed E-state index contributed by atoms with van der Waals surface area (Å²) in [6.07, 6.45) is 6.47. The predicted octanol–water partition coefficient (Wildman–Crippen LogP) is 5.93. The number of hydrogen-bond donors (Lipinski definition) is 1. The van der Waals surface area contributed by atoms with Gasteiger partial charge in [0.1, 0.15) is 5.75 Å². The lowest BCUT2D eigenvalue weighted by Crippen LogP contribution is -2.06. The Morgan fingerprint density at radius 3 is 2.71 bits per heavy atom. The molecule has 1 heterocycles. The van der Waals surface area contributed by atoms with Crippen molar-refractivity contribution in [2.24, 2.45) is 0 Å². The van der Waals surface area contributed by atoms with Crippen molar-refractivity contribution in [1.29, 1.82) is 0 Å². The topological polar surface area (TPSA) is 34.4 Å². The van der Waals surface area contributed by atoms with Crippen molar-refractivity contribution < 1.29 is 9.84 Å². The van der Waals surface area contributed by atoms with Crippen LogP contribution in [0.25, 0.3) is 10.9 Å². The summed E-state index contributed by atoms with van der Waals surface area (Å²) < 4.78 is 8.20. The number of rotatable bonds is 6. The fraction of sp³-hybridized carbons (Fsp3) is 0.417. The molecule has 3 nitrogen and oxygen atoms in total. The van der Waals surface area contributed by atoms with Crippen LogP contribution in [-0.2, 0) is 13.0 Å². The summed E-state index contributed by atoms with van der Waals surface area (Å²) in [5.41, 5.74) is 5.16. The van der Waals surface area contributed by atoms with Crippen molar-refractivity contribution in [1.82, 2.24) is 4.57 Å². The number of aromatic nitrogens is 1. The monoisotopic (exact) mass is 397 g/mol. The second kappa shape index (κ2) is 8.59. The second-order valence-electron chi connectivity index (χ2n) is 7.71. The van der Waals surface area contributed by atoms with Crippen LogP contribution in [0.1, 0.15) is 54.8 Å². The van der Waals surface area contributed by atoms with E-state index in [1.54, 1.807) is 7.11 Å². The highest BCUT2D eigenvalue weighted by Gasteiger charge is 2.29. The molecule has 1 N–H and O–H groups in total. The lowest BCUT2D eigenvalue weighted by molar-refractivity contribution is 0.278. The van der Waals surface area contributed by atoms with Crippen molar-refractivity contribution in [2.75, 3.05) is 13.7 Å². The molecule has 148 valence electrons. The minimum absolute atomic E-state index is 0.242. The van der Waals surface area contributed by atoms with E-state index in [-0.39, 0.29) is 6.61 Å². The summed E-state index contributed by atoms with van der Waals surface area (Å²) in [5, 5.41) is 11.4. The molecule has 0 radical (unpaired) electrons. The number of nitrogens with zero attached hydrogens (tertiary/aromatic N) is 1. The minimum atomic E-state index is 0.242. The van der Waals surface area contributed by atoms with Gasteiger partial charge in [0, 0.05) is 24.2 Å². The van der Waals surface area contributed by atoms with Crippen molar-refractivity contribution in [3.05, 3.63) is 64.3 Å². The van der Waals surface area contributed by atoms with E-state index in [4.69, 9.17) is 16.3 Å². The zero-order valence-electron chi connectivity index (χ0n) is 16.5. The highest BCUT2D eigenvalue weighted by molar-refractivity contribution is 6.35. The number of benzene rings is 2. The van der Waals surface area contributed by atoms with Crippen LogP contribution < -0.4 is 4.74 Å². The molecule has 3 aromatic rings. The molecule has 0 bridgehead atoms. The highest BCUT2D eigenvalue weighted by Crippen LogP contribution is 2.46. The molecule has 0 saturated carbocycles. The first-order valence-electron chi connectivity index (χ1n) is 10.3. The summed E-state index contributed by atoms with van der Waals surface area (Å²) in [7, 11) is 1.74.